The van der Waals surface area contributed by atoms with Crippen molar-refractivity contribution in [1.82, 2.24) is 5.32 Å². The third kappa shape index (κ3) is 5.08. The van der Waals surface area contributed by atoms with E-state index in [4.69, 9.17) is 0 Å². The number of hydrogen-bond donors (Lipinski definition) is 1. The zero-order valence-electron chi connectivity index (χ0n) is 15.2. The minimum atomic E-state index is -0.0542. The first kappa shape index (κ1) is 18.5. The molecule has 0 radical (unpaired) electrons. The van der Waals surface area contributed by atoms with Crippen LogP contribution in [0.2, 0.25) is 0 Å². The van der Waals surface area contributed by atoms with E-state index in [0.29, 0.717) is 18.9 Å². The lowest BCUT2D eigenvalue weighted by atomic mass is 9.87. The number of rotatable bonds is 6. The van der Waals surface area contributed by atoms with Gasteiger partial charge in [0.15, 0.2) is 0 Å². The van der Waals surface area contributed by atoms with Gasteiger partial charge in [0.2, 0.25) is 11.8 Å². The lowest BCUT2D eigenvalue weighted by molar-refractivity contribution is -0.125. The summed E-state index contributed by atoms with van der Waals surface area (Å²) in [5.41, 5.74) is 3.19. The number of benzene rings is 1. The maximum absolute atomic E-state index is 12.5. The van der Waals surface area contributed by atoms with E-state index in [9.17, 15) is 9.59 Å². The van der Waals surface area contributed by atoms with Gasteiger partial charge >= 0.3 is 0 Å². The van der Waals surface area contributed by atoms with Crippen LogP contribution < -0.4 is 10.2 Å². The van der Waals surface area contributed by atoms with Crippen molar-refractivity contribution in [3.63, 3.8) is 0 Å². The smallest absolute Gasteiger partial charge is 0.246 e. The number of likely N-dealkylation sites (N-methyl/N-ethyl adjacent to an activating group) is 1. The second kappa shape index (κ2) is 8.86. The van der Waals surface area contributed by atoms with Crippen molar-refractivity contribution in [2.45, 2.75) is 59.3 Å². The second-order valence-corrected chi connectivity index (χ2v) is 6.91. The fourth-order valence-corrected chi connectivity index (χ4v) is 3.58. The summed E-state index contributed by atoms with van der Waals surface area (Å²) in [7, 11) is 0. The minimum absolute atomic E-state index is 0.00642. The van der Waals surface area contributed by atoms with Gasteiger partial charge in [0.25, 0.3) is 0 Å². The van der Waals surface area contributed by atoms with E-state index in [-0.39, 0.29) is 18.4 Å². The molecule has 0 aliphatic heterocycles. The molecule has 1 saturated carbocycles. The number of hydrogen-bond acceptors (Lipinski definition) is 2. The van der Waals surface area contributed by atoms with Gasteiger partial charge in [-0.15, -0.1) is 0 Å². The Morgan fingerprint density at radius 3 is 2.50 bits per heavy atom. The van der Waals surface area contributed by atoms with E-state index in [1.807, 2.05) is 32.9 Å². The van der Waals surface area contributed by atoms with Crippen LogP contribution in [0.5, 0.6) is 0 Å². The third-order valence-corrected chi connectivity index (χ3v) is 4.90. The third-order valence-electron chi connectivity index (χ3n) is 4.90. The molecule has 4 nitrogen and oxygen atoms in total. The average Bonchev–Trinajstić information content (AvgIpc) is 2.56. The molecule has 0 atom stereocenters. The fraction of sp³-hybridized carbons (Fsp3) is 0.600. The summed E-state index contributed by atoms with van der Waals surface area (Å²) in [6.45, 7) is 6.69. The Hall–Kier alpha value is -1.84. The molecule has 1 aromatic carbocycles. The monoisotopic (exact) mass is 330 g/mol. The standard InChI is InChI=1S/C20H30N2O2/c1-4-22(18-11-10-15(2)12-16(18)3)20(24)14-21-19(23)13-17-8-6-5-7-9-17/h10-12,17H,4-9,13-14H2,1-3H3,(H,21,23). The highest BCUT2D eigenvalue weighted by Gasteiger charge is 2.19. The number of anilines is 1. The maximum Gasteiger partial charge on any atom is 0.246 e. The molecule has 0 saturated heterocycles. The molecule has 1 N–H and O–H groups in total. The lowest BCUT2D eigenvalue weighted by Crippen LogP contribution is -2.41. The average molecular weight is 330 g/mol. The summed E-state index contributed by atoms with van der Waals surface area (Å²) < 4.78 is 0. The second-order valence-electron chi connectivity index (χ2n) is 6.91. The SMILES string of the molecule is CCN(C(=O)CNC(=O)CC1CCCCC1)c1ccc(C)cc1C. The van der Waals surface area contributed by atoms with Gasteiger partial charge in [-0.05, 0) is 51.2 Å². The van der Waals surface area contributed by atoms with Crippen molar-refractivity contribution < 1.29 is 9.59 Å². The predicted molar refractivity (Wildman–Crippen MR) is 98.1 cm³/mol. The highest BCUT2D eigenvalue weighted by molar-refractivity contribution is 5.97. The summed E-state index contributed by atoms with van der Waals surface area (Å²) in [4.78, 5) is 26.4. The van der Waals surface area contributed by atoms with Crippen LogP contribution in [0.3, 0.4) is 0 Å². The Morgan fingerprint density at radius 2 is 1.88 bits per heavy atom. The molecule has 1 aliphatic carbocycles. The minimum Gasteiger partial charge on any atom is -0.347 e. The molecule has 1 aromatic rings. The Morgan fingerprint density at radius 1 is 1.17 bits per heavy atom. The van der Waals surface area contributed by atoms with Gasteiger partial charge in [-0.3, -0.25) is 9.59 Å². The van der Waals surface area contributed by atoms with E-state index < -0.39 is 0 Å². The molecule has 0 bridgehead atoms. The number of aryl methyl sites for hydroxylation is 2. The molecule has 2 rings (SSSR count). The number of carbonyl (C=O) groups is 2. The number of nitrogens with one attached hydrogen (secondary N) is 1. The van der Waals surface area contributed by atoms with Gasteiger partial charge in [0, 0.05) is 18.7 Å². The van der Waals surface area contributed by atoms with E-state index >= 15 is 0 Å². The Balaban J connectivity index is 1.88. The number of nitrogens with zero attached hydrogens (tertiary/aromatic N) is 1. The summed E-state index contributed by atoms with van der Waals surface area (Å²) in [5.74, 6) is 0.448. The van der Waals surface area contributed by atoms with E-state index in [1.54, 1.807) is 4.90 Å². The first-order valence-electron chi connectivity index (χ1n) is 9.15. The first-order chi connectivity index (χ1) is 11.5. The molecule has 24 heavy (non-hydrogen) atoms. The zero-order chi connectivity index (χ0) is 17.5. The summed E-state index contributed by atoms with van der Waals surface area (Å²) in [6, 6.07) is 6.07. The van der Waals surface area contributed by atoms with E-state index in [1.165, 1.54) is 24.8 Å². The molecule has 4 heteroatoms. The maximum atomic E-state index is 12.5. The number of carbonyl (C=O) groups excluding carboxylic acids is 2. The van der Waals surface area contributed by atoms with Crippen LogP contribution in [-0.2, 0) is 9.59 Å². The van der Waals surface area contributed by atoms with Gasteiger partial charge in [0.1, 0.15) is 0 Å². The zero-order valence-corrected chi connectivity index (χ0v) is 15.2. The first-order valence-corrected chi connectivity index (χ1v) is 9.15. The molecular weight excluding hydrogens is 300 g/mol. The molecule has 1 aliphatic rings. The van der Waals surface area contributed by atoms with Crippen LogP contribution >= 0.6 is 0 Å². The van der Waals surface area contributed by atoms with Crippen molar-refractivity contribution >= 4 is 17.5 Å². The topological polar surface area (TPSA) is 49.4 Å². The quantitative estimate of drug-likeness (QED) is 0.864. The predicted octanol–water partition coefficient (Wildman–Crippen LogP) is 3.74. The molecule has 0 spiro atoms. The van der Waals surface area contributed by atoms with Gasteiger partial charge in [-0.2, -0.15) is 0 Å². The van der Waals surface area contributed by atoms with Gasteiger partial charge < -0.3 is 10.2 Å². The van der Waals surface area contributed by atoms with Gasteiger partial charge in [0.05, 0.1) is 6.54 Å². The number of amides is 2. The molecule has 0 aromatic heterocycles. The van der Waals surface area contributed by atoms with E-state index in [0.717, 1.165) is 24.1 Å². The Kier molecular flexibility index (Phi) is 6.83. The normalized spacial score (nSPS) is 15.1. The molecular formula is C20H30N2O2. The molecule has 132 valence electrons. The Bertz CT molecular complexity index is 577. The van der Waals surface area contributed by atoms with Crippen molar-refractivity contribution in [2.75, 3.05) is 18.0 Å². The van der Waals surface area contributed by atoms with Crippen LogP contribution in [-0.4, -0.2) is 24.9 Å². The summed E-state index contributed by atoms with van der Waals surface area (Å²) >= 11 is 0. The molecule has 1 fully saturated rings. The van der Waals surface area contributed by atoms with Crippen LogP contribution in [0.15, 0.2) is 18.2 Å². The van der Waals surface area contributed by atoms with Crippen molar-refractivity contribution in [1.29, 1.82) is 0 Å². The van der Waals surface area contributed by atoms with Crippen molar-refractivity contribution in [3.05, 3.63) is 29.3 Å². The van der Waals surface area contributed by atoms with Crippen LogP contribution in [0.1, 0.15) is 56.6 Å². The van der Waals surface area contributed by atoms with Crippen molar-refractivity contribution in [3.8, 4) is 0 Å². The van der Waals surface area contributed by atoms with Crippen LogP contribution in [0.4, 0.5) is 5.69 Å². The van der Waals surface area contributed by atoms with E-state index in [2.05, 4.69) is 11.4 Å². The molecule has 0 heterocycles. The van der Waals surface area contributed by atoms with Gasteiger partial charge in [-0.25, -0.2) is 0 Å². The summed E-state index contributed by atoms with van der Waals surface area (Å²) in [6.07, 6.45) is 6.59. The molecule has 2 amide bonds. The molecule has 0 unspecified atom stereocenters. The van der Waals surface area contributed by atoms with Crippen LogP contribution in [0, 0.1) is 19.8 Å². The largest absolute Gasteiger partial charge is 0.347 e. The van der Waals surface area contributed by atoms with Gasteiger partial charge in [-0.1, -0.05) is 37.0 Å². The van der Waals surface area contributed by atoms with Crippen molar-refractivity contribution in [2.24, 2.45) is 5.92 Å². The highest BCUT2D eigenvalue weighted by Crippen LogP contribution is 2.26. The fourth-order valence-electron chi connectivity index (χ4n) is 3.58. The van der Waals surface area contributed by atoms with Crippen LogP contribution in [0.25, 0.3) is 0 Å². The summed E-state index contributed by atoms with van der Waals surface area (Å²) in [5, 5.41) is 2.81. The lowest BCUT2D eigenvalue weighted by Gasteiger charge is -2.24. The Labute approximate surface area is 145 Å². The highest BCUT2D eigenvalue weighted by atomic mass is 16.2.